The van der Waals surface area contributed by atoms with Crippen molar-refractivity contribution in [3.05, 3.63) is 76.3 Å². The second-order valence-corrected chi connectivity index (χ2v) is 13.1. The summed E-state index contributed by atoms with van der Waals surface area (Å²) >= 11 is 6.50. The monoisotopic (exact) mass is 571 g/mol. The number of rotatable bonds is 6. The molecule has 0 bridgehead atoms. The van der Waals surface area contributed by atoms with Gasteiger partial charge in [0.2, 0.25) is 26.6 Å². The van der Waals surface area contributed by atoms with Gasteiger partial charge in [-0.2, -0.15) is 4.98 Å². The molecule has 5 rings (SSSR count). The van der Waals surface area contributed by atoms with Crippen LogP contribution < -0.4 is 4.90 Å². The zero-order chi connectivity index (χ0) is 27.0. The first-order valence-corrected chi connectivity index (χ1v) is 14.9. The average molecular weight is 572 g/mol. The lowest BCUT2D eigenvalue weighted by atomic mass is 9.99. The predicted octanol–water partition coefficient (Wildman–Crippen LogP) is 5.59. The number of carbonyl (C=O) groups is 1. The van der Waals surface area contributed by atoms with Crippen LogP contribution in [0, 0.1) is 18.7 Å². The molecular formula is C27H26FN3O4S3. The number of thioether (sulfide) groups is 1. The molecule has 2 saturated heterocycles. The molecule has 1 amide bonds. The van der Waals surface area contributed by atoms with E-state index >= 15 is 0 Å². The molecule has 38 heavy (non-hydrogen) atoms. The highest BCUT2D eigenvalue weighted by Gasteiger charge is 2.35. The normalized spacial score (nSPS) is 18.1. The van der Waals surface area contributed by atoms with Gasteiger partial charge in [-0.25, -0.2) is 12.8 Å². The zero-order valence-corrected chi connectivity index (χ0v) is 23.3. The highest BCUT2D eigenvalue weighted by molar-refractivity contribution is 8.26. The lowest BCUT2D eigenvalue weighted by Gasteiger charge is -2.30. The fourth-order valence-electron chi connectivity index (χ4n) is 4.31. The summed E-state index contributed by atoms with van der Waals surface area (Å²) in [4.78, 5) is 21.2. The van der Waals surface area contributed by atoms with Crippen molar-refractivity contribution in [2.24, 2.45) is 5.92 Å². The summed E-state index contributed by atoms with van der Waals surface area (Å²) in [7, 11) is -3.98. The standard InChI is InChI=1S/C27H26FN3O4S3/c1-17-3-9-21(10-4-17)38(33,34)24-26(30-13-11-18(2)12-14-30)35-23(29-24)15-22-25(32)31(27(36)37-22)16-19-5-7-20(28)8-6-19/h3-10,15,18H,11-14,16H2,1-2H3. The van der Waals surface area contributed by atoms with Crippen LogP contribution in [0.5, 0.6) is 0 Å². The first-order valence-electron chi connectivity index (χ1n) is 12.2. The SMILES string of the molecule is Cc1ccc(S(=O)(=O)c2nc(C=C3SC(=S)N(Cc4ccc(F)cc4)C3=O)oc2N2CCC(C)CC2)cc1. The molecule has 0 aliphatic carbocycles. The van der Waals surface area contributed by atoms with Crippen molar-refractivity contribution in [3.8, 4) is 0 Å². The second kappa shape index (κ2) is 10.6. The summed E-state index contributed by atoms with van der Waals surface area (Å²) in [6, 6.07) is 12.4. The van der Waals surface area contributed by atoms with E-state index in [1.807, 2.05) is 11.8 Å². The largest absolute Gasteiger partial charge is 0.420 e. The third-order valence-corrected chi connectivity index (χ3v) is 9.68. The highest BCUT2D eigenvalue weighted by Crippen LogP contribution is 2.37. The molecule has 2 aromatic carbocycles. The third kappa shape index (κ3) is 5.41. The van der Waals surface area contributed by atoms with Crippen LogP contribution in [0.2, 0.25) is 0 Å². The lowest BCUT2D eigenvalue weighted by molar-refractivity contribution is -0.122. The van der Waals surface area contributed by atoms with E-state index in [2.05, 4.69) is 11.9 Å². The van der Waals surface area contributed by atoms with Gasteiger partial charge >= 0.3 is 0 Å². The number of thiocarbonyl (C=S) groups is 1. The van der Waals surface area contributed by atoms with Crippen LogP contribution in [0.4, 0.5) is 10.3 Å². The number of piperidine rings is 1. The molecule has 2 aliphatic heterocycles. The average Bonchev–Trinajstić information content (AvgIpc) is 3.43. The summed E-state index contributed by atoms with van der Waals surface area (Å²) in [6.07, 6.45) is 3.25. The molecule has 2 fully saturated rings. The van der Waals surface area contributed by atoms with Gasteiger partial charge in [-0.3, -0.25) is 9.69 Å². The van der Waals surface area contributed by atoms with Crippen LogP contribution in [0.3, 0.4) is 0 Å². The number of benzene rings is 2. The molecule has 0 unspecified atom stereocenters. The van der Waals surface area contributed by atoms with E-state index in [9.17, 15) is 17.6 Å². The fourth-order valence-corrected chi connectivity index (χ4v) is 6.86. The fraction of sp³-hybridized carbons (Fsp3) is 0.296. The first-order chi connectivity index (χ1) is 18.1. The Labute approximate surface area is 230 Å². The van der Waals surface area contributed by atoms with E-state index in [0.717, 1.165) is 35.7 Å². The first kappa shape index (κ1) is 26.6. The van der Waals surface area contributed by atoms with Crippen LogP contribution in [0.1, 0.15) is 36.8 Å². The topological polar surface area (TPSA) is 83.7 Å². The van der Waals surface area contributed by atoms with Gasteiger partial charge in [-0.05, 0) is 55.5 Å². The van der Waals surface area contributed by atoms with Crippen molar-refractivity contribution in [1.82, 2.24) is 9.88 Å². The van der Waals surface area contributed by atoms with Gasteiger partial charge in [0.15, 0.2) is 0 Å². The van der Waals surface area contributed by atoms with Gasteiger partial charge in [0.25, 0.3) is 5.91 Å². The van der Waals surface area contributed by atoms with Crippen molar-refractivity contribution in [2.45, 2.75) is 43.2 Å². The molecule has 7 nitrogen and oxygen atoms in total. The van der Waals surface area contributed by atoms with E-state index in [1.165, 1.54) is 23.1 Å². The minimum absolute atomic E-state index is 0.0200. The van der Waals surface area contributed by atoms with Crippen molar-refractivity contribution in [1.29, 1.82) is 0 Å². The number of hydrogen-bond donors (Lipinski definition) is 0. The van der Waals surface area contributed by atoms with E-state index in [0.29, 0.717) is 23.3 Å². The number of sulfone groups is 1. The molecule has 11 heteroatoms. The molecule has 2 aliphatic rings. The zero-order valence-electron chi connectivity index (χ0n) is 20.9. The molecule has 0 atom stereocenters. The molecule has 198 valence electrons. The highest BCUT2D eigenvalue weighted by atomic mass is 32.2. The van der Waals surface area contributed by atoms with Gasteiger partial charge in [0.1, 0.15) is 10.1 Å². The van der Waals surface area contributed by atoms with E-state index in [1.54, 1.807) is 36.4 Å². The van der Waals surface area contributed by atoms with Gasteiger partial charge in [-0.1, -0.05) is 60.7 Å². The van der Waals surface area contributed by atoms with Gasteiger partial charge < -0.3 is 9.32 Å². The quantitative estimate of drug-likeness (QED) is 0.280. The van der Waals surface area contributed by atoms with Gasteiger partial charge in [0, 0.05) is 19.2 Å². The second-order valence-electron chi connectivity index (χ2n) is 9.54. The minimum Gasteiger partial charge on any atom is -0.420 e. The number of carbonyl (C=O) groups excluding carboxylic acids is 1. The molecular weight excluding hydrogens is 546 g/mol. The van der Waals surface area contributed by atoms with Crippen molar-refractivity contribution < 1.29 is 22.0 Å². The minimum atomic E-state index is -3.98. The Kier molecular flexibility index (Phi) is 7.43. The molecule has 0 spiro atoms. The Morgan fingerprint density at radius 3 is 2.45 bits per heavy atom. The maximum Gasteiger partial charge on any atom is 0.266 e. The number of nitrogens with zero attached hydrogens (tertiary/aromatic N) is 3. The Balaban J connectivity index is 1.48. The number of aryl methyl sites for hydroxylation is 1. The molecule has 0 radical (unpaired) electrons. The van der Waals surface area contributed by atoms with Crippen molar-refractivity contribution in [2.75, 3.05) is 18.0 Å². The molecule has 0 saturated carbocycles. The van der Waals surface area contributed by atoms with Gasteiger partial charge in [-0.15, -0.1) is 0 Å². The van der Waals surface area contributed by atoms with Crippen LogP contribution in [0.25, 0.3) is 6.08 Å². The van der Waals surface area contributed by atoms with E-state index in [4.69, 9.17) is 16.6 Å². The maximum atomic E-state index is 13.6. The Bertz CT molecular complexity index is 1510. The van der Waals surface area contributed by atoms with Crippen LogP contribution in [-0.2, 0) is 21.2 Å². The summed E-state index contributed by atoms with van der Waals surface area (Å²) in [5.41, 5.74) is 1.67. The van der Waals surface area contributed by atoms with Crippen LogP contribution >= 0.6 is 24.0 Å². The van der Waals surface area contributed by atoms with E-state index in [-0.39, 0.29) is 44.9 Å². The number of halogens is 1. The Hall–Kier alpha value is -3.02. The van der Waals surface area contributed by atoms with Crippen molar-refractivity contribution in [3.63, 3.8) is 0 Å². The summed E-state index contributed by atoms with van der Waals surface area (Å²) in [5, 5.41) is -0.163. The van der Waals surface area contributed by atoms with Crippen LogP contribution in [-0.4, -0.2) is 41.6 Å². The summed E-state index contributed by atoms with van der Waals surface area (Å²) < 4.78 is 46.9. The Morgan fingerprint density at radius 1 is 1.13 bits per heavy atom. The number of anilines is 1. The van der Waals surface area contributed by atoms with E-state index < -0.39 is 9.84 Å². The number of amides is 1. The molecule has 1 aromatic heterocycles. The summed E-state index contributed by atoms with van der Waals surface area (Å²) in [6.45, 7) is 5.54. The van der Waals surface area contributed by atoms with Crippen LogP contribution in [0.15, 0.2) is 67.8 Å². The molecule has 3 heterocycles. The summed E-state index contributed by atoms with van der Waals surface area (Å²) in [5.74, 6) is 0.0303. The number of aromatic nitrogens is 1. The lowest BCUT2D eigenvalue weighted by Crippen LogP contribution is -2.33. The van der Waals surface area contributed by atoms with Crippen molar-refractivity contribution >= 4 is 56.0 Å². The number of hydrogen-bond acceptors (Lipinski definition) is 8. The third-order valence-electron chi connectivity index (χ3n) is 6.63. The Morgan fingerprint density at radius 2 is 1.79 bits per heavy atom. The van der Waals surface area contributed by atoms with Gasteiger partial charge in [0.05, 0.1) is 16.3 Å². The maximum absolute atomic E-state index is 13.6. The number of oxazole rings is 1. The molecule has 3 aromatic rings. The molecule has 0 N–H and O–H groups in total. The predicted molar refractivity (Wildman–Crippen MR) is 149 cm³/mol. The smallest absolute Gasteiger partial charge is 0.266 e.